The molecule has 2 aromatic rings. The molecule has 0 fully saturated rings. The molecule has 17 heteroatoms. The number of H-pyrrole nitrogens is 2. The molecule has 0 aliphatic rings. The van der Waals surface area contributed by atoms with Crippen LogP contribution in [0.2, 0.25) is 0 Å². The first-order valence-electron chi connectivity index (χ1n) is 7.17. The second-order valence-electron chi connectivity index (χ2n) is 4.48. The van der Waals surface area contributed by atoms with Crippen LogP contribution >= 0.6 is 0 Å². The molecule has 0 amide bonds. The number of aromatic nitrogens is 4. The van der Waals surface area contributed by atoms with Crippen molar-refractivity contribution in [2.24, 2.45) is 9.98 Å². The van der Waals surface area contributed by atoms with E-state index in [1.165, 1.54) is 0 Å². The smallest absolute Gasteiger partial charge is 0.344 e. The molecule has 2 aromatic heterocycles. The molecule has 0 aliphatic heterocycles. The largest absolute Gasteiger partial charge is 2.00 e. The number of nitrogens with zero attached hydrogens (tertiary/aromatic N) is 4. The SMILES string of the molecule is C(=NCCCCN=Cc1ncc[nH]1)c1ncc[nH]1.[Cu+2].[O-][Cl+3]([O-])([O-])[O-].[O-][Cl+3]([O-])([O-])[O-]. The quantitative estimate of drug-likeness (QED) is 0.203. The van der Waals surface area contributed by atoms with E-state index in [0.717, 1.165) is 37.6 Å². The Morgan fingerprint density at radius 1 is 0.724 bits per heavy atom. The molecule has 0 spiro atoms. The molecule has 2 N–H and O–H groups in total. The van der Waals surface area contributed by atoms with Gasteiger partial charge >= 0.3 is 17.1 Å². The van der Waals surface area contributed by atoms with Crippen molar-refractivity contribution >= 4 is 12.4 Å². The zero-order valence-electron chi connectivity index (χ0n) is 14.4. The van der Waals surface area contributed by atoms with E-state index in [1.807, 2.05) is 0 Å². The van der Waals surface area contributed by atoms with Gasteiger partial charge in [-0.25, -0.2) is 47.2 Å². The van der Waals surface area contributed by atoms with E-state index >= 15 is 0 Å². The zero-order valence-corrected chi connectivity index (χ0v) is 16.9. The third kappa shape index (κ3) is 28.8. The summed E-state index contributed by atoms with van der Waals surface area (Å²) in [6.07, 6.45) is 12.5. The second-order valence-corrected chi connectivity index (χ2v) is 5.99. The molecule has 0 aromatic carbocycles. The monoisotopic (exact) mass is 505 g/mol. The van der Waals surface area contributed by atoms with Gasteiger partial charge in [-0.2, -0.15) is 0 Å². The minimum Gasteiger partial charge on any atom is -0.344 e. The summed E-state index contributed by atoms with van der Waals surface area (Å²) >= 11 is 0. The molecule has 2 rings (SSSR count). The first-order valence-corrected chi connectivity index (χ1v) is 9.64. The molecule has 0 saturated carbocycles. The van der Waals surface area contributed by atoms with Crippen molar-refractivity contribution < 1.29 is 74.8 Å². The Hall–Kier alpha value is -1.46. The molecule has 0 unspecified atom stereocenters. The van der Waals surface area contributed by atoms with Crippen molar-refractivity contribution in [3.63, 3.8) is 0 Å². The zero-order chi connectivity index (χ0) is 21.5. The minimum absolute atomic E-state index is 0. The van der Waals surface area contributed by atoms with Gasteiger partial charge in [0.15, 0.2) is 0 Å². The van der Waals surface area contributed by atoms with Gasteiger partial charge in [0.2, 0.25) is 0 Å². The summed E-state index contributed by atoms with van der Waals surface area (Å²) in [6.45, 7) is 1.61. The molecule has 0 bridgehead atoms. The summed E-state index contributed by atoms with van der Waals surface area (Å²) in [6, 6.07) is 0. The van der Waals surface area contributed by atoms with Gasteiger partial charge in [-0.15, -0.1) is 20.5 Å². The number of unbranched alkanes of at least 4 members (excludes halogenated alkanes) is 1. The normalized spacial score (nSPS) is 11.4. The topological polar surface area (TPSA) is 267 Å². The summed E-state index contributed by atoms with van der Waals surface area (Å²) in [5.41, 5.74) is 0. The molecule has 2 heterocycles. The van der Waals surface area contributed by atoms with Crippen molar-refractivity contribution in [1.82, 2.24) is 19.9 Å². The van der Waals surface area contributed by atoms with E-state index in [9.17, 15) is 0 Å². The van der Waals surface area contributed by atoms with E-state index in [2.05, 4.69) is 29.9 Å². The number of hydrogen-bond donors (Lipinski definition) is 2. The van der Waals surface area contributed by atoms with Crippen LogP contribution in [0.5, 0.6) is 0 Å². The standard InChI is InChI=1S/C12H16N6.2ClHO4.Cu/c1(3-13-9-11-15-5-6-16-11)2-4-14-10-12-17-7-8-18-12;2*2-1(3,4)5;/h5-10H,1-4H2,(H,15,16)(H,17,18);2*(H,2,3,4,5);/q;;;+2/p-2. The third-order valence-corrected chi connectivity index (χ3v) is 2.29. The van der Waals surface area contributed by atoms with E-state index in [4.69, 9.17) is 37.3 Å². The number of nitrogens with one attached hydrogen (secondary N) is 2. The molecular formula is C12H16Cl2CuN6O8. The van der Waals surface area contributed by atoms with E-state index in [1.54, 1.807) is 37.2 Å². The fourth-order valence-corrected chi connectivity index (χ4v) is 1.40. The van der Waals surface area contributed by atoms with E-state index in [0.29, 0.717) is 0 Å². The van der Waals surface area contributed by atoms with Gasteiger partial charge in [-0.3, -0.25) is 9.98 Å². The Bertz CT molecular complexity index is 591. The first kappa shape index (κ1) is 29.7. The Morgan fingerprint density at radius 3 is 1.28 bits per heavy atom. The van der Waals surface area contributed by atoms with Crippen LogP contribution in [-0.2, 0) is 17.1 Å². The molecule has 167 valence electrons. The first-order chi connectivity index (χ1) is 12.9. The summed E-state index contributed by atoms with van der Waals surface area (Å²) in [7, 11) is -9.89. The van der Waals surface area contributed by atoms with Crippen LogP contribution in [0.3, 0.4) is 0 Å². The fraction of sp³-hybridized carbons (Fsp3) is 0.333. The van der Waals surface area contributed by atoms with Gasteiger partial charge < -0.3 is 9.97 Å². The van der Waals surface area contributed by atoms with Gasteiger partial charge in [0.1, 0.15) is 11.6 Å². The van der Waals surface area contributed by atoms with Gasteiger partial charge in [0.05, 0.1) is 12.4 Å². The maximum absolute atomic E-state index is 8.49. The second kappa shape index (κ2) is 16.3. The third-order valence-electron chi connectivity index (χ3n) is 2.29. The summed E-state index contributed by atoms with van der Waals surface area (Å²) < 4.78 is 67.9. The number of imidazole rings is 2. The van der Waals surface area contributed by atoms with Crippen LogP contribution < -0.4 is 37.3 Å². The van der Waals surface area contributed by atoms with Crippen molar-refractivity contribution in [2.75, 3.05) is 13.1 Å². The van der Waals surface area contributed by atoms with Crippen LogP contribution in [0.25, 0.3) is 0 Å². The van der Waals surface area contributed by atoms with Crippen LogP contribution in [0.1, 0.15) is 24.5 Å². The molecule has 29 heavy (non-hydrogen) atoms. The number of hydrogen-bond acceptors (Lipinski definition) is 12. The maximum atomic E-state index is 8.49. The van der Waals surface area contributed by atoms with Gasteiger partial charge in [-0.05, 0) is 12.8 Å². The van der Waals surface area contributed by atoms with Crippen LogP contribution in [0.15, 0.2) is 34.8 Å². The fourth-order valence-electron chi connectivity index (χ4n) is 1.40. The Labute approximate surface area is 179 Å². The number of aromatic amines is 2. The van der Waals surface area contributed by atoms with Crippen LogP contribution in [0, 0.1) is 20.5 Å². The Morgan fingerprint density at radius 2 is 1.03 bits per heavy atom. The molecule has 0 saturated heterocycles. The summed E-state index contributed by atoms with van der Waals surface area (Å²) in [5.74, 6) is 1.59. The van der Waals surface area contributed by atoms with Crippen molar-refractivity contribution in [2.45, 2.75) is 12.8 Å². The predicted octanol–water partition coefficient (Wildman–Crippen LogP) is -8.06. The number of rotatable bonds is 7. The van der Waals surface area contributed by atoms with E-state index in [-0.39, 0.29) is 17.1 Å². The summed E-state index contributed by atoms with van der Waals surface area (Å²) in [4.78, 5) is 22.6. The number of halogens is 2. The van der Waals surface area contributed by atoms with Crippen LogP contribution in [-0.4, -0.2) is 45.5 Å². The van der Waals surface area contributed by atoms with Crippen molar-refractivity contribution in [1.29, 1.82) is 0 Å². The van der Waals surface area contributed by atoms with E-state index < -0.39 is 20.5 Å². The molecular weight excluding hydrogens is 491 g/mol. The molecule has 14 nitrogen and oxygen atoms in total. The predicted molar refractivity (Wildman–Crippen MR) is 71.3 cm³/mol. The average Bonchev–Trinajstić information content (AvgIpc) is 3.20. The van der Waals surface area contributed by atoms with Crippen molar-refractivity contribution in [3.05, 3.63) is 36.4 Å². The Kier molecular flexibility index (Phi) is 16.8. The van der Waals surface area contributed by atoms with Gasteiger partial charge in [0, 0.05) is 37.9 Å². The molecule has 1 radical (unpaired) electrons. The minimum atomic E-state index is -4.94. The maximum Gasteiger partial charge on any atom is 2.00 e. The van der Waals surface area contributed by atoms with Gasteiger partial charge in [0.25, 0.3) is 0 Å². The average molecular weight is 507 g/mol. The molecule has 0 atom stereocenters. The molecule has 0 aliphatic carbocycles. The van der Waals surface area contributed by atoms with Crippen molar-refractivity contribution in [3.8, 4) is 0 Å². The van der Waals surface area contributed by atoms with Crippen LogP contribution in [0.4, 0.5) is 0 Å². The summed E-state index contributed by atoms with van der Waals surface area (Å²) in [5, 5.41) is 0. The number of aliphatic imine (C=N–C) groups is 2. The van der Waals surface area contributed by atoms with Gasteiger partial charge in [-0.1, -0.05) is 0 Å². The Balaban J connectivity index is 0.